The second-order valence-corrected chi connectivity index (χ2v) is 8.66. The van der Waals surface area contributed by atoms with Gasteiger partial charge in [0.2, 0.25) is 0 Å². The summed E-state index contributed by atoms with van der Waals surface area (Å²) in [6.45, 7) is 2.65. The monoisotopic (exact) mass is 506 g/mol. The first-order chi connectivity index (χ1) is 18.0. The zero-order valence-corrected chi connectivity index (χ0v) is 20.6. The molecule has 194 valence electrons. The predicted molar refractivity (Wildman–Crippen MR) is 138 cm³/mol. The fraction of sp³-hybridized carbons (Fsp3) is 0.321. The van der Waals surface area contributed by atoms with Gasteiger partial charge in [-0.2, -0.15) is 0 Å². The van der Waals surface area contributed by atoms with Crippen molar-refractivity contribution in [3.8, 4) is 11.5 Å². The largest absolute Gasteiger partial charge is 0.492 e. The van der Waals surface area contributed by atoms with Crippen LogP contribution in [-0.4, -0.2) is 60.4 Å². The summed E-state index contributed by atoms with van der Waals surface area (Å²) in [6.07, 6.45) is 6.32. The number of fused-ring (bicyclic) bond motifs is 1. The molecule has 37 heavy (non-hydrogen) atoms. The predicted octanol–water partition coefficient (Wildman–Crippen LogP) is 3.78. The molecule has 0 saturated carbocycles. The second kappa shape index (κ2) is 12.2. The lowest BCUT2D eigenvalue weighted by Gasteiger charge is -2.30. The first-order valence-electron chi connectivity index (χ1n) is 12.2. The molecule has 1 atom stereocenters. The highest BCUT2D eigenvalue weighted by Crippen LogP contribution is 2.34. The van der Waals surface area contributed by atoms with Crippen molar-refractivity contribution in [2.75, 3.05) is 31.3 Å². The minimum absolute atomic E-state index is 0.0388. The van der Waals surface area contributed by atoms with Gasteiger partial charge in [-0.3, -0.25) is 4.79 Å². The Kier molecular flexibility index (Phi) is 8.58. The van der Waals surface area contributed by atoms with Crippen molar-refractivity contribution in [3.63, 3.8) is 0 Å². The topological polar surface area (TPSA) is 118 Å². The van der Waals surface area contributed by atoms with Crippen LogP contribution in [0.2, 0.25) is 0 Å². The summed E-state index contributed by atoms with van der Waals surface area (Å²) in [6, 6.07) is 12.9. The number of amides is 1. The number of allylic oxidation sites excluding steroid dienone is 4. The molecule has 2 N–H and O–H groups in total. The van der Waals surface area contributed by atoms with E-state index in [2.05, 4.69) is 5.16 Å². The van der Waals surface area contributed by atoms with Gasteiger partial charge in [0.05, 0.1) is 17.9 Å². The number of carbonyl (C=O) groups is 2. The number of benzene rings is 2. The van der Waals surface area contributed by atoms with Crippen molar-refractivity contribution in [2.24, 2.45) is 5.16 Å². The molecular formula is C28H30N2O7. The van der Waals surface area contributed by atoms with Crippen LogP contribution in [0.1, 0.15) is 24.5 Å². The van der Waals surface area contributed by atoms with Gasteiger partial charge in [0, 0.05) is 19.4 Å². The Morgan fingerprint density at radius 3 is 2.70 bits per heavy atom. The average molecular weight is 507 g/mol. The highest BCUT2D eigenvalue weighted by Gasteiger charge is 2.26. The van der Waals surface area contributed by atoms with Crippen molar-refractivity contribution >= 4 is 23.3 Å². The number of aliphatic carboxylic acids is 1. The van der Waals surface area contributed by atoms with Gasteiger partial charge < -0.3 is 29.4 Å². The van der Waals surface area contributed by atoms with E-state index in [1.165, 1.54) is 0 Å². The first-order valence-corrected chi connectivity index (χ1v) is 12.2. The van der Waals surface area contributed by atoms with Gasteiger partial charge >= 0.3 is 5.97 Å². The van der Waals surface area contributed by atoms with Crippen molar-refractivity contribution in [3.05, 3.63) is 77.4 Å². The van der Waals surface area contributed by atoms with Crippen LogP contribution in [0.25, 0.3) is 0 Å². The third-order valence-electron chi connectivity index (χ3n) is 6.17. The fourth-order valence-corrected chi connectivity index (χ4v) is 4.29. The van der Waals surface area contributed by atoms with E-state index in [-0.39, 0.29) is 25.5 Å². The summed E-state index contributed by atoms with van der Waals surface area (Å²) >= 11 is 0. The highest BCUT2D eigenvalue weighted by atomic mass is 16.5. The maximum absolute atomic E-state index is 12.7. The number of ether oxygens (including phenoxy) is 3. The lowest BCUT2D eigenvalue weighted by molar-refractivity contribution is -0.149. The van der Waals surface area contributed by atoms with Crippen LogP contribution >= 0.6 is 0 Å². The SMILES string of the molecule is CCOC(Cc1ccc(OCCN2C(=O)COc3ccc(CC4=CC=CCC4=NO)cc32)cc1)C(=O)O. The molecule has 0 radical (unpaired) electrons. The number of carbonyl (C=O) groups excluding carboxylic acids is 1. The van der Waals surface area contributed by atoms with E-state index in [9.17, 15) is 19.9 Å². The minimum atomic E-state index is -0.991. The molecular weight excluding hydrogens is 476 g/mol. The van der Waals surface area contributed by atoms with Crippen LogP contribution in [-0.2, 0) is 27.2 Å². The van der Waals surface area contributed by atoms with Crippen LogP contribution in [0.5, 0.6) is 11.5 Å². The summed E-state index contributed by atoms with van der Waals surface area (Å²) in [5, 5.41) is 22.0. The van der Waals surface area contributed by atoms with E-state index >= 15 is 0 Å². The number of hydrogen-bond acceptors (Lipinski definition) is 7. The zero-order valence-electron chi connectivity index (χ0n) is 20.6. The normalized spacial score (nSPS) is 16.7. The van der Waals surface area contributed by atoms with Crippen molar-refractivity contribution in [2.45, 2.75) is 32.3 Å². The van der Waals surface area contributed by atoms with Crippen LogP contribution in [0.4, 0.5) is 5.69 Å². The smallest absolute Gasteiger partial charge is 0.333 e. The zero-order chi connectivity index (χ0) is 26.2. The molecule has 4 rings (SSSR count). The van der Waals surface area contributed by atoms with E-state index in [0.29, 0.717) is 48.9 Å². The Morgan fingerprint density at radius 1 is 1.19 bits per heavy atom. The molecule has 2 aromatic carbocycles. The van der Waals surface area contributed by atoms with E-state index < -0.39 is 12.1 Å². The van der Waals surface area contributed by atoms with Gasteiger partial charge in [0.15, 0.2) is 12.7 Å². The van der Waals surface area contributed by atoms with Gasteiger partial charge in [0.1, 0.15) is 18.1 Å². The minimum Gasteiger partial charge on any atom is -0.492 e. The molecule has 1 aliphatic heterocycles. The Balaban J connectivity index is 1.39. The molecule has 1 amide bonds. The van der Waals surface area contributed by atoms with Gasteiger partial charge in [-0.25, -0.2) is 4.79 Å². The quantitative estimate of drug-likeness (QED) is 0.352. The average Bonchev–Trinajstić information content (AvgIpc) is 2.91. The number of anilines is 1. The van der Waals surface area contributed by atoms with Gasteiger partial charge in [-0.1, -0.05) is 41.6 Å². The molecule has 0 spiro atoms. The number of carboxylic acid groups (broad SMARTS) is 1. The molecule has 0 fully saturated rings. The molecule has 1 unspecified atom stereocenters. The van der Waals surface area contributed by atoms with Crippen LogP contribution in [0, 0.1) is 0 Å². The third kappa shape index (κ3) is 6.56. The maximum atomic E-state index is 12.7. The number of hydrogen-bond donors (Lipinski definition) is 2. The second-order valence-electron chi connectivity index (χ2n) is 8.66. The standard InChI is InChI=1S/C28H30N2O7/c1-2-35-26(28(32)33)17-19-7-10-22(11-8-19)36-14-13-30-24-16-20(9-12-25(24)37-18-27(30)31)15-21-5-3-4-6-23(21)29-34/h3-5,7-12,16,26,34H,2,6,13-15,17-18H2,1H3,(H,32,33). The summed E-state index contributed by atoms with van der Waals surface area (Å²) in [4.78, 5) is 25.6. The molecule has 9 nitrogen and oxygen atoms in total. The Bertz CT molecular complexity index is 1220. The molecule has 2 aromatic rings. The fourth-order valence-electron chi connectivity index (χ4n) is 4.29. The molecule has 1 aliphatic carbocycles. The van der Waals surface area contributed by atoms with Crippen molar-refractivity contribution < 1.29 is 34.1 Å². The summed E-state index contributed by atoms with van der Waals surface area (Å²) in [7, 11) is 0. The lowest BCUT2D eigenvalue weighted by Crippen LogP contribution is -2.41. The Morgan fingerprint density at radius 2 is 1.97 bits per heavy atom. The highest BCUT2D eigenvalue weighted by molar-refractivity contribution is 6.02. The van der Waals surface area contributed by atoms with Crippen LogP contribution in [0.3, 0.4) is 0 Å². The molecule has 0 saturated heterocycles. The van der Waals surface area contributed by atoms with E-state index in [4.69, 9.17) is 14.2 Å². The van der Waals surface area contributed by atoms with Gasteiger partial charge in [0.25, 0.3) is 5.91 Å². The van der Waals surface area contributed by atoms with Crippen LogP contribution < -0.4 is 14.4 Å². The van der Waals surface area contributed by atoms with Crippen LogP contribution in [0.15, 0.2) is 71.4 Å². The number of oxime groups is 1. The molecule has 9 heteroatoms. The first kappa shape index (κ1) is 26.0. The molecule has 0 bridgehead atoms. The van der Waals surface area contributed by atoms with E-state index in [1.54, 1.807) is 24.0 Å². The van der Waals surface area contributed by atoms with E-state index in [0.717, 1.165) is 16.7 Å². The number of rotatable bonds is 11. The number of carboxylic acids is 1. The lowest BCUT2D eigenvalue weighted by atomic mass is 9.95. The van der Waals surface area contributed by atoms with Crippen molar-refractivity contribution in [1.29, 1.82) is 0 Å². The molecule has 0 aromatic heterocycles. The maximum Gasteiger partial charge on any atom is 0.333 e. The summed E-state index contributed by atoms with van der Waals surface area (Å²) in [5.41, 5.74) is 4.02. The number of nitrogens with zero attached hydrogens (tertiary/aromatic N) is 2. The summed E-state index contributed by atoms with van der Waals surface area (Å²) < 4.78 is 16.8. The van der Waals surface area contributed by atoms with Gasteiger partial charge in [-0.15, -0.1) is 0 Å². The molecule has 1 heterocycles. The van der Waals surface area contributed by atoms with Gasteiger partial charge in [-0.05, 0) is 54.3 Å². The van der Waals surface area contributed by atoms with Crippen molar-refractivity contribution in [1.82, 2.24) is 0 Å². The Labute approximate surface area is 215 Å². The Hall–Kier alpha value is -4.11. The summed E-state index contributed by atoms with van der Waals surface area (Å²) in [5.74, 6) is 0.102. The third-order valence-corrected chi connectivity index (χ3v) is 6.17. The molecule has 2 aliphatic rings. The van der Waals surface area contributed by atoms with E-state index in [1.807, 2.05) is 48.6 Å².